The van der Waals surface area contributed by atoms with Crippen molar-refractivity contribution in [3.05, 3.63) is 76.2 Å². The van der Waals surface area contributed by atoms with Gasteiger partial charge in [-0.15, -0.1) is 0 Å². The molecule has 24 heavy (non-hydrogen) atoms. The van der Waals surface area contributed by atoms with E-state index < -0.39 is 10.9 Å². The van der Waals surface area contributed by atoms with E-state index in [0.29, 0.717) is 22.3 Å². The molecule has 2 heterocycles. The zero-order valence-corrected chi connectivity index (χ0v) is 12.7. The molecule has 7 heteroatoms. The molecule has 1 aromatic carbocycles. The largest absolute Gasteiger partial charge is 0.465 e. The summed E-state index contributed by atoms with van der Waals surface area (Å²) in [7, 11) is 1.30. The highest BCUT2D eigenvalue weighted by Gasteiger charge is 2.13. The summed E-state index contributed by atoms with van der Waals surface area (Å²) >= 11 is 0. The number of hydrogen-bond donors (Lipinski definition) is 0. The molecule has 0 amide bonds. The second kappa shape index (κ2) is 6.33. The highest BCUT2D eigenvalue weighted by atomic mass is 16.6. The summed E-state index contributed by atoms with van der Waals surface area (Å²) in [6.45, 7) is 0. The third-order valence-electron chi connectivity index (χ3n) is 3.53. The number of aromatic nitrogens is 2. The summed E-state index contributed by atoms with van der Waals surface area (Å²) in [6.07, 6.45) is 5.66. The van der Waals surface area contributed by atoms with Gasteiger partial charge in [-0.25, -0.2) is 9.78 Å². The van der Waals surface area contributed by atoms with Gasteiger partial charge < -0.3 is 9.30 Å². The molecule has 0 aliphatic heterocycles. The van der Waals surface area contributed by atoms with E-state index in [2.05, 4.69) is 4.98 Å². The molecule has 0 fully saturated rings. The van der Waals surface area contributed by atoms with Crippen LogP contribution in [-0.4, -0.2) is 27.6 Å². The molecule has 0 aliphatic carbocycles. The van der Waals surface area contributed by atoms with E-state index in [1.54, 1.807) is 36.7 Å². The highest BCUT2D eigenvalue weighted by Crippen LogP contribution is 2.26. The van der Waals surface area contributed by atoms with Gasteiger partial charge in [0.2, 0.25) is 6.20 Å². The fourth-order valence-electron chi connectivity index (χ4n) is 2.46. The molecule has 0 bridgehead atoms. The maximum atomic E-state index is 11.7. The Labute approximate surface area is 137 Å². The Kier molecular flexibility index (Phi) is 4.07. The Morgan fingerprint density at radius 1 is 1.33 bits per heavy atom. The third-order valence-corrected chi connectivity index (χ3v) is 3.53. The van der Waals surface area contributed by atoms with Crippen LogP contribution in [0.1, 0.15) is 15.9 Å². The molecule has 0 saturated carbocycles. The topological polar surface area (TPSA) is 87.3 Å². The van der Waals surface area contributed by atoms with Gasteiger partial charge in [0.05, 0.1) is 23.1 Å². The van der Waals surface area contributed by atoms with Crippen molar-refractivity contribution in [3.8, 4) is 5.82 Å². The van der Waals surface area contributed by atoms with E-state index in [-0.39, 0.29) is 0 Å². The predicted molar refractivity (Wildman–Crippen MR) is 88.4 cm³/mol. The fourth-order valence-corrected chi connectivity index (χ4v) is 2.46. The molecule has 2 aromatic heterocycles. The lowest BCUT2D eigenvalue weighted by Crippen LogP contribution is -2.01. The van der Waals surface area contributed by atoms with Crippen LogP contribution in [0, 0.1) is 10.1 Å². The van der Waals surface area contributed by atoms with Crippen molar-refractivity contribution in [1.82, 2.24) is 9.55 Å². The van der Waals surface area contributed by atoms with E-state index in [0.717, 1.165) is 11.7 Å². The fraction of sp³-hybridized carbons (Fsp3) is 0.0588. The van der Waals surface area contributed by atoms with Gasteiger partial charge in [-0.05, 0) is 30.3 Å². The summed E-state index contributed by atoms with van der Waals surface area (Å²) in [5, 5.41) is 11.3. The average molecular weight is 323 g/mol. The number of nitro groups is 1. The number of ether oxygens (including phenoxy) is 1. The van der Waals surface area contributed by atoms with Gasteiger partial charge in [0.1, 0.15) is 5.82 Å². The smallest absolute Gasteiger partial charge is 0.337 e. The summed E-state index contributed by atoms with van der Waals surface area (Å²) in [4.78, 5) is 26.1. The van der Waals surface area contributed by atoms with Crippen LogP contribution in [0.25, 0.3) is 22.8 Å². The number of fused-ring (bicyclic) bond motifs is 1. The Balaban J connectivity index is 2.23. The maximum Gasteiger partial charge on any atom is 0.337 e. The van der Waals surface area contributed by atoms with Crippen LogP contribution in [-0.2, 0) is 4.74 Å². The van der Waals surface area contributed by atoms with Crippen molar-refractivity contribution < 1.29 is 14.5 Å². The molecule has 120 valence electrons. The van der Waals surface area contributed by atoms with Crippen molar-refractivity contribution in [1.29, 1.82) is 0 Å². The van der Waals surface area contributed by atoms with Crippen LogP contribution in [0.4, 0.5) is 0 Å². The standard InChI is InChI=1S/C17H13N3O4/c1-24-17(21)12-5-6-15-14(10-12)13(7-9-20(22)23)11-19(15)16-4-2-3-8-18-16/h2-11H,1H3/b9-7+. The molecular weight excluding hydrogens is 310 g/mol. The van der Waals surface area contributed by atoms with E-state index >= 15 is 0 Å². The predicted octanol–water partition coefficient (Wildman–Crippen LogP) is 3.06. The number of methoxy groups -OCH3 is 1. The molecule has 3 aromatic rings. The summed E-state index contributed by atoms with van der Waals surface area (Å²) in [5.41, 5.74) is 1.77. The molecule has 0 saturated heterocycles. The van der Waals surface area contributed by atoms with Crippen LogP contribution < -0.4 is 0 Å². The minimum absolute atomic E-state index is 0.375. The van der Waals surface area contributed by atoms with E-state index in [4.69, 9.17) is 4.74 Å². The van der Waals surface area contributed by atoms with Gasteiger partial charge in [-0.2, -0.15) is 0 Å². The third kappa shape index (κ3) is 2.87. The van der Waals surface area contributed by atoms with Crippen LogP contribution in [0.2, 0.25) is 0 Å². The molecule has 0 N–H and O–H groups in total. The molecule has 0 spiro atoms. The number of carbonyl (C=O) groups is 1. The molecule has 0 atom stereocenters. The Hall–Kier alpha value is -3.48. The Morgan fingerprint density at radius 3 is 2.83 bits per heavy atom. The SMILES string of the molecule is COC(=O)c1ccc2c(c1)c(/C=C/[N+](=O)[O-])cn2-c1ccccn1. The molecule has 0 aliphatic rings. The summed E-state index contributed by atoms with van der Waals surface area (Å²) in [5.74, 6) is 0.209. The van der Waals surface area contributed by atoms with Gasteiger partial charge in [-0.3, -0.25) is 10.1 Å². The number of rotatable bonds is 4. The number of carbonyl (C=O) groups excluding carboxylic acids is 1. The lowest BCUT2D eigenvalue weighted by molar-refractivity contribution is -0.400. The molecule has 7 nitrogen and oxygen atoms in total. The van der Waals surface area contributed by atoms with Gasteiger partial charge in [0.15, 0.2) is 0 Å². The van der Waals surface area contributed by atoms with Crippen LogP contribution in [0.3, 0.4) is 0 Å². The first kappa shape index (κ1) is 15.4. The zero-order valence-electron chi connectivity index (χ0n) is 12.7. The lowest BCUT2D eigenvalue weighted by atomic mass is 10.1. The van der Waals surface area contributed by atoms with Crippen molar-refractivity contribution >= 4 is 22.9 Å². The summed E-state index contributed by atoms with van der Waals surface area (Å²) in [6, 6.07) is 10.5. The first-order valence-electron chi connectivity index (χ1n) is 7.06. The zero-order chi connectivity index (χ0) is 17.1. The van der Waals surface area contributed by atoms with Crippen LogP contribution in [0.5, 0.6) is 0 Å². The van der Waals surface area contributed by atoms with Gasteiger partial charge >= 0.3 is 5.97 Å². The molecule has 0 unspecified atom stereocenters. The van der Waals surface area contributed by atoms with Crippen molar-refractivity contribution in [2.45, 2.75) is 0 Å². The number of pyridine rings is 1. The van der Waals surface area contributed by atoms with Gasteiger partial charge in [0, 0.05) is 29.4 Å². The monoisotopic (exact) mass is 323 g/mol. The second-order valence-corrected chi connectivity index (χ2v) is 4.97. The minimum Gasteiger partial charge on any atom is -0.465 e. The first-order valence-corrected chi connectivity index (χ1v) is 7.06. The second-order valence-electron chi connectivity index (χ2n) is 4.97. The number of benzene rings is 1. The van der Waals surface area contributed by atoms with Crippen molar-refractivity contribution in [3.63, 3.8) is 0 Å². The van der Waals surface area contributed by atoms with Crippen LogP contribution in [0.15, 0.2) is 55.0 Å². The number of nitrogens with zero attached hydrogens (tertiary/aromatic N) is 3. The first-order chi connectivity index (χ1) is 11.6. The van der Waals surface area contributed by atoms with E-state index in [9.17, 15) is 14.9 Å². The Bertz CT molecular complexity index is 945. The molecular formula is C17H13N3O4. The summed E-state index contributed by atoms with van der Waals surface area (Å²) < 4.78 is 6.55. The van der Waals surface area contributed by atoms with Gasteiger partial charge in [0.25, 0.3) is 0 Å². The van der Waals surface area contributed by atoms with Gasteiger partial charge in [-0.1, -0.05) is 6.07 Å². The van der Waals surface area contributed by atoms with E-state index in [1.165, 1.54) is 13.2 Å². The van der Waals surface area contributed by atoms with Crippen molar-refractivity contribution in [2.24, 2.45) is 0 Å². The number of esters is 1. The maximum absolute atomic E-state index is 11.7. The average Bonchev–Trinajstić information content (AvgIpc) is 2.98. The normalized spacial score (nSPS) is 11.0. The lowest BCUT2D eigenvalue weighted by Gasteiger charge is -2.04. The molecule has 3 rings (SSSR count). The molecule has 0 radical (unpaired) electrons. The van der Waals surface area contributed by atoms with E-state index in [1.807, 2.05) is 16.7 Å². The van der Waals surface area contributed by atoms with Crippen LogP contribution >= 0.6 is 0 Å². The van der Waals surface area contributed by atoms with Crippen molar-refractivity contribution in [2.75, 3.05) is 7.11 Å². The minimum atomic E-state index is -0.534. The quantitative estimate of drug-likeness (QED) is 0.418. The number of hydrogen-bond acceptors (Lipinski definition) is 5. The Morgan fingerprint density at radius 2 is 2.17 bits per heavy atom. The highest BCUT2D eigenvalue weighted by molar-refractivity contribution is 5.98.